The Balaban J connectivity index is 4.44. The van der Waals surface area contributed by atoms with Gasteiger partial charge in [-0.15, -0.1) is 0 Å². The molecule has 0 amide bonds. The van der Waals surface area contributed by atoms with E-state index in [4.69, 9.17) is 0 Å². The lowest BCUT2D eigenvalue weighted by atomic mass is 10.2. The van der Waals surface area contributed by atoms with Gasteiger partial charge in [0.25, 0.3) is 0 Å². The number of ether oxygens (including phenoxy) is 1. The summed E-state index contributed by atoms with van der Waals surface area (Å²) in [5.41, 5.74) is 0.600. The summed E-state index contributed by atoms with van der Waals surface area (Å²) >= 11 is 0. The molecular weight excluding hydrogens is 164 g/mol. The van der Waals surface area contributed by atoms with Gasteiger partial charge in [-0.05, 0) is 19.4 Å². The average molecular weight is 180 g/mol. The third-order valence-corrected chi connectivity index (χ3v) is 1.42. The van der Waals surface area contributed by atoms with Crippen molar-refractivity contribution in [3.63, 3.8) is 0 Å². The molecule has 0 aliphatic heterocycles. The van der Waals surface area contributed by atoms with E-state index in [0.717, 1.165) is 6.42 Å². The zero-order valence-corrected chi connectivity index (χ0v) is 8.41. The van der Waals surface area contributed by atoms with Crippen LogP contribution in [0.2, 0.25) is 0 Å². The number of methoxy groups -OCH3 is 1. The Morgan fingerprint density at radius 2 is 2.08 bits per heavy atom. The molecule has 0 aromatic heterocycles. The van der Waals surface area contributed by atoms with Gasteiger partial charge in [0.2, 0.25) is 0 Å². The molecule has 0 rings (SSSR count). The normalized spacial score (nSPS) is 12.7. The predicted octanol–water partition coefficient (Wildman–Crippen LogP) is 2.63. The van der Waals surface area contributed by atoms with E-state index in [2.05, 4.69) is 4.74 Å². The summed E-state index contributed by atoms with van der Waals surface area (Å²) < 4.78 is 4.61. The molecule has 0 saturated carbocycles. The number of esters is 1. The molecule has 0 saturated heterocycles. The molecule has 0 spiro atoms. The summed E-state index contributed by atoms with van der Waals surface area (Å²) in [7, 11) is 1.38. The molecular formula is C11H16O2. The van der Waals surface area contributed by atoms with Crippen molar-refractivity contribution in [2.45, 2.75) is 20.3 Å². The molecule has 72 valence electrons. The second-order valence-electron chi connectivity index (χ2n) is 2.44. The minimum absolute atomic E-state index is 0.289. The maximum absolute atomic E-state index is 11.1. The van der Waals surface area contributed by atoms with Gasteiger partial charge in [0.15, 0.2) is 0 Å². The summed E-state index contributed by atoms with van der Waals surface area (Å²) in [4.78, 5) is 11.1. The quantitative estimate of drug-likeness (QED) is 0.377. The molecule has 0 aromatic rings. The first kappa shape index (κ1) is 11.7. The summed E-state index contributed by atoms with van der Waals surface area (Å²) in [5.74, 6) is -0.289. The van der Waals surface area contributed by atoms with E-state index in [1.165, 1.54) is 7.11 Å². The van der Waals surface area contributed by atoms with Gasteiger partial charge in [-0.2, -0.15) is 0 Å². The van der Waals surface area contributed by atoms with E-state index < -0.39 is 0 Å². The largest absolute Gasteiger partial charge is 0.465 e. The van der Waals surface area contributed by atoms with Gasteiger partial charge in [-0.3, -0.25) is 0 Å². The minimum atomic E-state index is -0.289. The maximum atomic E-state index is 11.1. The van der Waals surface area contributed by atoms with Crippen molar-refractivity contribution >= 4 is 5.97 Å². The fourth-order valence-electron chi connectivity index (χ4n) is 0.828. The highest BCUT2D eigenvalue weighted by Gasteiger charge is 2.03. The second-order valence-corrected chi connectivity index (χ2v) is 2.44. The van der Waals surface area contributed by atoms with Gasteiger partial charge in [0.1, 0.15) is 0 Å². The zero-order valence-electron chi connectivity index (χ0n) is 8.41. The third-order valence-electron chi connectivity index (χ3n) is 1.42. The molecule has 0 bridgehead atoms. The molecule has 0 fully saturated rings. The van der Waals surface area contributed by atoms with Crippen molar-refractivity contribution in [3.05, 3.63) is 36.0 Å². The highest BCUT2D eigenvalue weighted by molar-refractivity contribution is 5.91. The van der Waals surface area contributed by atoms with Crippen molar-refractivity contribution < 1.29 is 9.53 Å². The van der Waals surface area contributed by atoms with Crippen LogP contribution in [0.3, 0.4) is 0 Å². The Labute approximate surface area is 79.6 Å². The first-order chi connectivity index (χ1) is 6.26. The van der Waals surface area contributed by atoms with Crippen molar-refractivity contribution in [1.29, 1.82) is 0 Å². The van der Waals surface area contributed by atoms with E-state index in [1.807, 2.05) is 38.2 Å². The average Bonchev–Trinajstić information content (AvgIpc) is 2.16. The highest BCUT2D eigenvalue weighted by Crippen LogP contribution is 2.01. The lowest BCUT2D eigenvalue weighted by Gasteiger charge is -1.97. The molecule has 0 atom stereocenters. The number of carbonyl (C=O) groups excluding carboxylic acids is 1. The summed E-state index contributed by atoms with van der Waals surface area (Å²) in [6, 6.07) is 0. The Morgan fingerprint density at radius 1 is 1.38 bits per heavy atom. The van der Waals surface area contributed by atoms with Gasteiger partial charge in [0, 0.05) is 0 Å². The van der Waals surface area contributed by atoms with E-state index in [9.17, 15) is 4.79 Å². The summed E-state index contributed by atoms with van der Waals surface area (Å²) in [5, 5.41) is 0. The van der Waals surface area contributed by atoms with Crippen molar-refractivity contribution in [1.82, 2.24) is 0 Å². The van der Waals surface area contributed by atoms with Gasteiger partial charge < -0.3 is 4.74 Å². The summed E-state index contributed by atoms with van der Waals surface area (Å²) in [6.45, 7) is 3.90. The Morgan fingerprint density at radius 3 is 2.54 bits per heavy atom. The van der Waals surface area contributed by atoms with Crippen LogP contribution >= 0.6 is 0 Å². The Hall–Kier alpha value is -1.31. The fourth-order valence-corrected chi connectivity index (χ4v) is 0.828. The van der Waals surface area contributed by atoms with Gasteiger partial charge in [-0.25, -0.2) is 4.79 Å². The van der Waals surface area contributed by atoms with E-state index in [0.29, 0.717) is 5.57 Å². The monoisotopic (exact) mass is 180 g/mol. The molecule has 0 N–H and O–H groups in total. The Bertz CT molecular complexity index is 234. The van der Waals surface area contributed by atoms with Crippen LogP contribution in [0.5, 0.6) is 0 Å². The predicted molar refractivity (Wildman–Crippen MR) is 54.3 cm³/mol. The Kier molecular flexibility index (Phi) is 6.60. The van der Waals surface area contributed by atoms with Crippen LogP contribution in [0, 0.1) is 0 Å². The topological polar surface area (TPSA) is 26.3 Å². The van der Waals surface area contributed by atoms with Crippen LogP contribution in [0.4, 0.5) is 0 Å². The van der Waals surface area contributed by atoms with E-state index >= 15 is 0 Å². The number of rotatable bonds is 4. The molecule has 2 nitrogen and oxygen atoms in total. The SMILES string of the molecule is C/C=C/C=C\C(=C/CC)C(=O)OC. The van der Waals surface area contributed by atoms with Crippen LogP contribution in [0.25, 0.3) is 0 Å². The molecule has 0 heterocycles. The lowest BCUT2D eigenvalue weighted by molar-refractivity contribution is -0.135. The molecule has 2 heteroatoms. The van der Waals surface area contributed by atoms with Gasteiger partial charge in [0.05, 0.1) is 12.7 Å². The number of hydrogen-bond donors (Lipinski definition) is 0. The molecule has 0 unspecified atom stereocenters. The minimum Gasteiger partial charge on any atom is -0.465 e. The molecule has 13 heavy (non-hydrogen) atoms. The van der Waals surface area contributed by atoms with E-state index in [1.54, 1.807) is 6.08 Å². The van der Waals surface area contributed by atoms with Crippen molar-refractivity contribution in [3.8, 4) is 0 Å². The van der Waals surface area contributed by atoms with Crippen LogP contribution in [-0.2, 0) is 9.53 Å². The number of carbonyl (C=O) groups is 1. The molecule has 0 aliphatic carbocycles. The van der Waals surface area contributed by atoms with Crippen molar-refractivity contribution in [2.24, 2.45) is 0 Å². The van der Waals surface area contributed by atoms with Crippen LogP contribution in [0.1, 0.15) is 20.3 Å². The van der Waals surface area contributed by atoms with E-state index in [-0.39, 0.29) is 5.97 Å². The zero-order chi connectivity index (χ0) is 10.1. The lowest BCUT2D eigenvalue weighted by Crippen LogP contribution is -2.02. The second kappa shape index (κ2) is 7.35. The van der Waals surface area contributed by atoms with Gasteiger partial charge >= 0.3 is 5.97 Å². The molecule has 0 aliphatic rings. The number of hydrogen-bond acceptors (Lipinski definition) is 2. The first-order valence-electron chi connectivity index (χ1n) is 4.34. The maximum Gasteiger partial charge on any atom is 0.337 e. The van der Waals surface area contributed by atoms with Crippen molar-refractivity contribution in [2.75, 3.05) is 7.11 Å². The standard InChI is InChI=1S/C11H16O2/c1-4-6-7-9-10(8-5-2)11(12)13-3/h4,6-9H,5H2,1-3H3/b6-4+,9-7-,10-8+. The first-order valence-corrected chi connectivity index (χ1v) is 4.34. The van der Waals surface area contributed by atoms with Crippen LogP contribution in [0.15, 0.2) is 36.0 Å². The third kappa shape index (κ3) is 5.01. The smallest absolute Gasteiger partial charge is 0.337 e. The van der Waals surface area contributed by atoms with Gasteiger partial charge in [-0.1, -0.05) is 31.2 Å². The fraction of sp³-hybridized carbons (Fsp3) is 0.364. The van der Waals surface area contributed by atoms with Crippen LogP contribution < -0.4 is 0 Å². The summed E-state index contributed by atoms with van der Waals surface area (Å²) in [6.07, 6.45) is 9.99. The molecule has 0 aromatic carbocycles. The highest BCUT2D eigenvalue weighted by atomic mass is 16.5. The number of allylic oxidation sites excluding steroid dienone is 4. The molecule has 0 radical (unpaired) electrons. The van der Waals surface area contributed by atoms with Crippen LogP contribution in [-0.4, -0.2) is 13.1 Å².